The Labute approximate surface area is 673 Å². The lowest BCUT2D eigenvalue weighted by atomic mass is 9.71. The molecule has 13 nitrogen and oxygen atoms in total. The topological polar surface area (TPSA) is 155 Å². The third-order valence-corrected chi connectivity index (χ3v) is 25.6. The van der Waals surface area contributed by atoms with Gasteiger partial charge in [-0.05, 0) is 186 Å². The molecule has 2 saturated heterocycles. The molecule has 2 fully saturated rings. The van der Waals surface area contributed by atoms with Crippen LogP contribution in [0, 0.1) is 37.9 Å². The van der Waals surface area contributed by atoms with E-state index in [9.17, 15) is 19.5 Å². The molecule has 112 heavy (non-hydrogen) atoms. The van der Waals surface area contributed by atoms with Crippen LogP contribution in [-0.4, -0.2) is 62.0 Å². The summed E-state index contributed by atoms with van der Waals surface area (Å²) >= 11 is 0. The average molecular weight is 1570 g/mol. The van der Waals surface area contributed by atoms with Gasteiger partial charge in [0.1, 0.15) is 52.3 Å². The molecule has 0 aromatic heterocycles. The van der Waals surface area contributed by atoms with Gasteiger partial charge in [0.2, 0.25) is 0 Å². The number of esters is 3. The molecule has 5 heterocycles. The Morgan fingerprint density at radius 3 is 0.768 bits per heavy atom. The number of ether oxygens (including phenoxy) is 3. The fourth-order valence-electron chi connectivity index (χ4n) is 19.6. The van der Waals surface area contributed by atoms with Crippen molar-refractivity contribution in [1.29, 1.82) is 0 Å². The Bertz CT molecular complexity index is 4420. The minimum absolute atomic E-state index is 0.0480. The van der Waals surface area contributed by atoms with Gasteiger partial charge < -0.3 is 46.5 Å². The zero-order chi connectivity index (χ0) is 83.5. The summed E-state index contributed by atoms with van der Waals surface area (Å²) in [6, 6.07) is 36.4. The van der Waals surface area contributed by atoms with Crippen LogP contribution in [0.5, 0.6) is 34.5 Å². The normalized spacial score (nSPS) is 22.2. The van der Waals surface area contributed by atoms with E-state index >= 15 is 0 Å². The monoisotopic (exact) mass is 1570 g/mol. The number of rotatable bonds is 19. The Morgan fingerprint density at radius 1 is 0.321 bits per heavy atom. The summed E-state index contributed by atoms with van der Waals surface area (Å²) in [6.45, 7) is 68.1. The van der Waals surface area contributed by atoms with Crippen LogP contribution in [0.25, 0.3) is 0 Å². The van der Waals surface area contributed by atoms with Gasteiger partial charge in [-0.1, -0.05) is 281 Å². The zero-order valence-electron chi connectivity index (χ0n) is 73.9. The van der Waals surface area contributed by atoms with Gasteiger partial charge in [0.25, 0.3) is 0 Å². The molecule has 3 unspecified atom stereocenters. The van der Waals surface area contributed by atoms with E-state index in [0.29, 0.717) is 45.4 Å². The molecule has 11 rings (SSSR count). The molecule has 1 N–H and O–H groups in total. The van der Waals surface area contributed by atoms with Gasteiger partial charge in [0.15, 0.2) is 0 Å². The molecule has 1 spiro atoms. The van der Waals surface area contributed by atoms with Crippen LogP contribution < -0.4 is 23.3 Å². The first-order valence-electron chi connectivity index (χ1n) is 40.5. The lowest BCUT2D eigenvalue weighted by molar-refractivity contribution is -0.134. The summed E-state index contributed by atoms with van der Waals surface area (Å²) in [5.41, 5.74) is 10.2. The molecule has 6 aromatic rings. The Hall–Kier alpha value is -6.43. The number of hydrogen-bond donors (Lipinski definition) is 1. The summed E-state index contributed by atoms with van der Waals surface area (Å²) in [6.07, 6.45) is 14.6. The minimum Gasteiger partial charge on any atom is -0.508 e. The van der Waals surface area contributed by atoms with Crippen LogP contribution in [0.4, 0.5) is 0 Å². The largest absolute Gasteiger partial charge is 0.508 e. The number of benzene rings is 6. The van der Waals surface area contributed by atoms with Gasteiger partial charge in [-0.25, -0.2) is 0 Å². The van der Waals surface area contributed by atoms with E-state index in [2.05, 4.69) is 281 Å². The number of fused-ring (bicyclic) bond motifs is 3. The maximum Gasteiger partial charge on any atom is 0.323 e. The lowest BCUT2D eigenvalue weighted by Crippen LogP contribution is -2.46. The van der Waals surface area contributed by atoms with E-state index in [1.54, 1.807) is 6.07 Å². The number of hydrogen-bond acceptors (Lipinski definition) is 13. The first-order chi connectivity index (χ1) is 50.9. The predicted octanol–water partition coefficient (Wildman–Crippen LogP) is 25.4. The van der Waals surface area contributed by atoms with Crippen LogP contribution >= 0.6 is 15.1 Å². The predicted molar refractivity (Wildman–Crippen MR) is 461 cm³/mol. The van der Waals surface area contributed by atoms with Gasteiger partial charge in [-0.15, -0.1) is 0 Å². The van der Waals surface area contributed by atoms with Crippen molar-refractivity contribution in [3.8, 4) is 34.5 Å². The molecule has 0 amide bonds. The van der Waals surface area contributed by atoms with Gasteiger partial charge in [-0.3, -0.25) is 14.4 Å². The molecule has 5 aliphatic heterocycles. The maximum atomic E-state index is 14.2. The summed E-state index contributed by atoms with van der Waals surface area (Å²) in [5.74, 6) is -0.401. The number of carbonyl (C=O) groups excluding carboxylic acids is 3. The molecule has 0 radical (unpaired) electrons. The highest BCUT2D eigenvalue weighted by Crippen LogP contribution is 2.62. The van der Waals surface area contributed by atoms with Crippen LogP contribution in [0.1, 0.15) is 331 Å². The van der Waals surface area contributed by atoms with Crippen LogP contribution in [-0.2, 0) is 65.0 Å². The van der Waals surface area contributed by atoms with Crippen LogP contribution in [0.3, 0.4) is 0 Å². The summed E-state index contributed by atoms with van der Waals surface area (Å²) in [7, 11) is -6.58. The molecule has 0 bridgehead atoms. The van der Waals surface area contributed by atoms with E-state index in [0.717, 1.165) is 83.0 Å². The first kappa shape index (κ1) is 87.9. The highest BCUT2D eigenvalue weighted by Gasteiger charge is 2.50. The Balaban J connectivity index is 0.000000335. The maximum absolute atomic E-state index is 14.2. The van der Waals surface area contributed by atoms with Crippen molar-refractivity contribution in [1.82, 2.24) is 0 Å². The highest BCUT2D eigenvalue weighted by atomic mass is 31.2. The standard InChI is InChI=1S/C67H94O10P2.C30H42O3/c1-59(2,3)35-63(13,14)43-23-27-51-47(31-43)55(57(68)74-51)49-33-45(65(17,18)37-61(7,8)9)25-29-53(49)76-78(21)70-39-67(40-71-78)41-72-79(22,73-42-67)77-54-30-26-46(66(19,20)38-62(10,11)12)34-50(54)56-48-32-44(24-28-52(48)75-58(56)69)64(15,16)36-60(4,5)6;1-27(2,3)17-29(7,8)19-11-13-23(31)21(15-19)25-22-16-20(12-14-24(22)33-26(25)32)30(9,10)18-28(4,5)6/h23-34,55-56H,21-22,35-42H2,1-20H3;11-16,25,31H,17-18H2,1-10H3. The quantitative estimate of drug-likeness (QED) is 0.0465. The molecule has 612 valence electrons. The van der Waals surface area contributed by atoms with Crippen molar-refractivity contribution < 1.29 is 60.8 Å². The summed E-state index contributed by atoms with van der Waals surface area (Å²) in [5, 5.41) is 10.8. The van der Waals surface area contributed by atoms with Gasteiger partial charge in [-0.2, -0.15) is 0 Å². The third kappa shape index (κ3) is 20.7. The van der Waals surface area contributed by atoms with Crippen molar-refractivity contribution in [2.75, 3.05) is 26.4 Å². The molecule has 0 aliphatic carbocycles. The second-order valence-corrected chi connectivity index (χ2v) is 48.7. The number of phenols is 1. The second-order valence-electron chi connectivity index (χ2n) is 44.8. The zero-order valence-corrected chi connectivity index (χ0v) is 75.6. The number of aromatic hydroxyl groups is 1. The van der Waals surface area contributed by atoms with E-state index in [4.69, 9.17) is 41.4 Å². The average Bonchev–Trinajstić information content (AvgIpc) is 1.47. The number of phenolic OH excluding ortho intramolecular Hbond substituents is 1. The Morgan fingerprint density at radius 2 is 0.527 bits per heavy atom. The third-order valence-electron chi connectivity index (χ3n) is 22.5. The molecule has 0 saturated carbocycles. The van der Waals surface area contributed by atoms with E-state index in [1.165, 1.54) is 5.56 Å². The fraction of sp³-hybridized carbons (Fsp3) is 0.577. The van der Waals surface area contributed by atoms with Crippen molar-refractivity contribution >= 4 is 45.6 Å². The lowest BCUT2D eigenvalue weighted by Gasteiger charge is -2.45. The van der Waals surface area contributed by atoms with E-state index in [-0.39, 0.29) is 115 Å². The van der Waals surface area contributed by atoms with Crippen LogP contribution in [0.2, 0.25) is 0 Å². The Kier molecular flexibility index (Phi) is 23.8. The number of carbonyl (C=O) groups is 3. The van der Waals surface area contributed by atoms with Crippen LogP contribution in [0.15, 0.2) is 109 Å². The highest BCUT2D eigenvalue weighted by molar-refractivity contribution is 7.60. The van der Waals surface area contributed by atoms with E-state index in [1.807, 2.05) is 42.5 Å². The van der Waals surface area contributed by atoms with Gasteiger partial charge in [0.05, 0.1) is 31.8 Å². The molecular weight excluding hydrogens is 1440 g/mol. The van der Waals surface area contributed by atoms with Crippen molar-refractivity contribution in [2.24, 2.45) is 37.9 Å². The molecule has 15 heteroatoms. The van der Waals surface area contributed by atoms with Crippen molar-refractivity contribution in [2.45, 2.75) is 296 Å². The smallest absolute Gasteiger partial charge is 0.323 e. The van der Waals surface area contributed by atoms with Crippen molar-refractivity contribution in [3.05, 3.63) is 176 Å². The van der Waals surface area contributed by atoms with Crippen molar-refractivity contribution in [3.63, 3.8) is 0 Å². The molecule has 3 atom stereocenters. The van der Waals surface area contributed by atoms with Gasteiger partial charge in [0, 0.05) is 33.4 Å². The molecule has 6 aromatic carbocycles. The SMILES string of the molecule is C=P1(Oc2ccc(C(C)(C)CC(C)(C)C)cc2C2C(=O)Oc3ccc(C(C)(C)CC(C)(C)C)cc32)OCC2(CO1)COP(=C)(Oc1ccc(C(C)(C)CC(C)(C)C)cc1C1C(=O)Oc3ccc(C(C)(C)CC(C)(C)C)cc31)OC2.CC(C)(C)CC(C)(C)c1ccc(O)c(C2C(=O)Oc3ccc(C(C)(C)CC(C)(C)C)cc32)c1. The summed E-state index contributed by atoms with van der Waals surface area (Å²) in [4.78, 5) is 41.5. The second kappa shape index (κ2) is 30.2. The molecular formula is C97H136O13P2. The molecule has 5 aliphatic rings. The fourth-order valence-corrected chi connectivity index (χ4v) is 22.8. The van der Waals surface area contributed by atoms with E-state index < -0.39 is 38.3 Å². The first-order valence-corrected chi connectivity index (χ1v) is 44.0. The summed E-state index contributed by atoms with van der Waals surface area (Å²) < 4.78 is 57.7. The minimum atomic E-state index is -3.29. The van der Waals surface area contributed by atoms with Gasteiger partial charge >= 0.3 is 33.0 Å².